The summed E-state index contributed by atoms with van der Waals surface area (Å²) in [6.07, 6.45) is 2.76. The van der Waals surface area contributed by atoms with E-state index in [4.69, 9.17) is 5.73 Å². The monoisotopic (exact) mass is 223 g/mol. The zero-order valence-corrected chi connectivity index (χ0v) is 10.3. The molecule has 1 aromatic heterocycles. The number of nitrogens with two attached hydrogens (primary N) is 1. The third kappa shape index (κ3) is 3.23. The van der Waals surface area contributed by atoms with Gasteiger partial charge in [0.1, 0.15) is 5.36 Å². The SMILES string of the molecule is CCc1cnc(C)c(=NC(C)S)c(N)c1. The normalized spacial score (nSPS) is 14.0. The van der Waals surface area contributed by atoms with E-state index in [2.05, 4.69) is 29.5 Å². The molecular weight excluding hydrogens is 206 g/mol. The van der Waals surface area contributed by atoms with Crippen LogP contribution in [0.2, 0.25) is 0 Å². The molecule has 82 valence electrons. The van der Waals surface area contributed by atoms with Crippen LogP contribution in [0.15, 0.2) is 17.3 Å². The van der Waals surface area contributed by atoms with E-state index in [0.29, 0.717) is 5.69 Å². The zero-order valence-electron chi connectivity index (χ0n) is 9.36. The van der Waals surface area contributed by atoms with Crippen LogP contribution in [0.1, 0.15) is 25.1 Å². The minimum absolute atomic E-state index is 0.0692. The molecular formula is C11H17N3S. The van der Waals surface area contributed by atoms with Crippen molar-refractivity contribution in [3.8, 4) is 0 Å². The largest absolute Gasteiger partial charge is 0.397 e. The lowest BCUT2D eigenvalue weighted by molar-refractivity contribution is 0.979. The molecule has 1 rings (SSSR count). The Morgan fingerprint density at radius 2 is 2.27 bits per heavy atom. The zero-order chi connectivity index (χ0) is 11.4. The van der Waals surface area contributed by atoms with Gasteiger partial charge in [0.2, 0.25) is 0 Å². The van der Waals surface area contributed by atoms with Crippen molar-refractivity contribution in [2.45, 2.75) is 32.6 Å². The molecule has 0 spiro atoms. The number of aryl methyl sites for hydroxylation is 2. The number of hydrogen-bond acceptors (Lipinski definition) is 4. The second-order valence-corrected chi connectivity index (χ2v) is 4.23. The maximum Gasteiger partial charge on any atom is 0.103 e. The van der Waals surface area contributed by atoms with E-state index in [0.717, 1.165) is 23.0 Å². The summed E-state index contributed by atoms with van der Waals surface area (Å²) in [6, 6.07) is 1.93. The van der Waals surface area contributed by atoms with Gasteiger partial charge in [-0.2, -0.15) is 12.6 Å². The molecule has 15 heavy (non-hydrogen) atoms. The molecule has 0 aliphatic carbocycles. The number of hydrogen-bond donors (Lipinski definition) is 2. The average Bonchev–Trinajstić information content (AvgIpc) is 2.30. The number of thiol groups is 1. The van der Waals surface area contributed by atoms with Gasteiger partial charge in [0.15, 0.2) is 0 Å². The van der Waals surface area contributed by atoms with Crippen LogP contribution in [0, 0.1) is 6.92 Å². The van der Waals surface area contributed by atoms with Crippen molar-refractivity contribution in [2.24, 2.45) is 4.99 Å². The van der Waals surface area contributed by atoms with Crippen molar-refractivity contribution in [3.63, 3.8) is 0 Å². The molecule has 4 heteroatoms. The first kappa shape index (κ1) is 12.0. The van der Waals surface area contributed by atoms with Crippen LogP contribution in [-0.2, 0) is 6.42 Å². The molecule has 3 nitrogen and oxygen atoms in total. The summed E-state index contributed by atoms with van der Waals surface area (Å²) in [7, 11) is 0. The molecule has 0 aliphatic rings. The second kappa shape index (κ2) is 5.16. The van der Waals surface area contributed by atoms with Gasteiger partial charge >= 0.3 is 0 Å². The van der Waals surface area contributed by atoms with Gasteiger partial charge in [-0.3, -0.25) is 9.98 Å². The molecule has 0 bridgehead atoms. The van der Waals surface area contributed by atoms with Crippen LogP contribution in [-0.4, -0.2) is 10.4 Å². The third-order valence-electron chi connectivity index (χ3n) is 2.11. The Bertz CT molecular complexity index is 413. The summed E-state index contributed by atoms with van der Waals surface area (Å²) in [5.41, 5.74) is 8.58. The molecule has 1 atom stereocenters. The molecule has 2 N–H and O–H groups in total. The molecule has 1 heterocycles. The number of rotatable bonds is 2. The van der Waals surface area contributed by atoms with E-state index >= 15 is 0 Å². The lowest BCUT2D eigenvalue weighted by Gasteiger charge is -1.96. The Morgan fingerprint density at radius 1 is 1.60 bits per heavy atom. The molecule has 0 amide bonds. The predicted molar refractivity (Wildman–Crippen MR) is 66.8 cm³/mol. The first-order valence-electron chi connectivity index (χ1n) is 5.01. The molecule has 1 aromatic rings. The molecule has 0 fully saturated rings. The highest BCUT2D eigenvalue weighted by Gasteiger charge is 1.99. The fourth-order valence-electron chi connectivity index (χ4n) is 1.30. The van der Waals surface area contributed by atoms with Gasteiger partial charge in [0, 0.05) is 6.20 Å². The summed E-state index contributed by atoms with van der Waals surface area (Å²) in [4.78, 5) is 8.67. The van der Waals surface area contributed by atoms with Gasteiger partial charge in [-0.1, -0.05) is 6.92 Å². The molecule has 1 unspecified atom stereocenters. The smallest absolute Gasteiger partial charge is 0.103 e. The molecule has 0 aliphatic heterocycles. The average molecular weight is 223 g/mol. The maximum atomic E-state index is 5.96. The van der Waals surface area contributed by atoms with Crippen molar-refractivity contribution in [1.82, 2.24) is 4.98 Å². The highest BCUT2D eigenvalue weighted by molar-refractivity contribution is 7.80. The third-order valence-corrected chi connectivity index (χ3v) is 2.22. The minimum Gasteiger partial charge on any atom is -0.397 e. The van der Waals surface area contributed by atoms with Crippen molar-refractivity contribution in [2.75, 3.05) is 5.73 Å². The van der Waals surface area contributed by atoms with Crippen molar-refractivity contribution in [3.05, 3.63) is 28.9 Å². The first-order valence-corrected chi connectivity index (χ1v) is 5.53. The predicted octanol–water partition coefficient (Wildman–Crippen LogP) is 1.71. The Hall–Kier alpha value is -1.03. The molecule has 0 saturated heterocycles. The van der Waals surface area contributed by atoms with E-state index in [1.54, 1.807) is 0 Å². The Morgan fingerprint density at radius 3 is 2.80 bits per heavy atom. The van der Waals surface area contributed by atoms with Crippen molar-refractivity contribution < 1.29 is 0 Å². The Balaban J connectivity index is 3.47. The van der Waals surface area contributed by atoms with Crippen LogP contribution in [0.3, 0.4) is 0 Å². The summed E-state index contributed by atoms with van der Waals surface area (Å²) in [5.74, 6) is 0. The summed E-state index contributed by atoms with van der Waals surface area (Å²) in [6.45, 7) is 5.88. The van der Waals surface area contributed by atoms with E-state index in [9.17, 15) is 0 Å². The molecule has 0 saturated carbocycles. The van der Waals surface area contributed by atoms with E-state index < -0.39 is 0 Å². The fourth-order valence-corrected chi connectivity index (χ4v) is 1.42. The summed E-state index contributed by atoms with van der Waals surface area (Å²) in [5, 5.41) is 0.678. The summed E-state index contributed by atoms with van der Waals surface area (Å²) < 4.78 is 0. The van der Waals surface area contributed by atoms with Crippen LogP contribution in [0.25, 0.3) is 0 Å². The van der Waals surface area contributed by atoms with Crippen molar-refractivity contribution in [1.29, 1.82) is 0 Å². The van der Waals surface area contributed by atoms with Crippen LogP contribution >= 0.6 is 12.6 Å². The number of nitrogens with zero attached hydrogens (tertiary/aromatic N) is 2. The minimum atomic E-state index is -0.0692. The fraction of sp³-hybridized carbons (Fsp3) is 0.455. The van der Waals surface area contributed by atoms with E-state index in [1.165, 1.54) is 0 Å². The highest BCUT2D eigenvalue weighted by atomic mass is 32.1. The standard InChI is InChI=1S/C11H17N3S/c1-4-9-5-10(12)11(14-8(3)15)7(2)13-6-9/h5-6,8,15H,4H2,1-3H3,(H2,12,14). The van der Waals surface area contributed by atoms with Gasteiger partial charge < -0.3 is 5.73 Å². The lowest BCUT2D eigenvalue weighted by atomic mass is 10.2. The maximum absolute atomic E-state index is 5.96. The first-order chi connectivity index (χ1) is 7.04. The topological polar surface area (TPSA) is 51.3 Å². The van der Waals surface area contributed by atoms with E-state index in [-0.39, 0.29) is 5.37 Å². The number of nitrogen functional groups attached to an aromatic ring is 1. The summed E-state index contributed by atoms with van der Waals surface area (Å²) >= 11 is 4.23. The van der Waals surface area contributed by atoms with Gasteiger partial charge in [-0.15, -0.1) is 0 Å². The van der Waals surface area contributed by atoms with Gasteiger partial charge in [-0.25, -0.2) is 0 Å². The Kier molecular flexibility index (Phi) is 4.15. The van der Waals surface area contributed by atoms with Crippen LogP contribution < -0.4 is 11.1 Å². The second-order valence-electron chi connectivity index (χ2n) is 3.48. The van der Waals surface area contributed by atoms with Crippen LogP contribution in [0.5, 0.6) is 0 Å². The van der Waals surface area contributed by atoms with E-state index in [1.807, 2.05) is 26.1 Å². The highest BCUT2D eigenvalue weighted by Crippen LogP contribution is 2.02. The number of aromatic nitrogens is 1. The van der Waals surface area contributed by atoms with Gasteiger partial charge in [0.05, 0.1) is 16.8 Å². The van der Waals surface area contributed by atoms with Crippen molar-refractivity contribution >= 4 is 18.3 Å². The Labute approximate surface area is 95.9 Å². The molecule has 0 aromatic carbocycles. The van der Waals surface area contributed by atoms with Gasteiger partial charge in [0.25, 0.3) is 0 Å². The van der Waals surface area contributed by atoms with Crippen LogP contribution in [0.4, 0.5) is 5.69 Å². The number of anilines is 1. The van der Waals surface area contributed by atoms with Gasteiger partial charge in [-0.05, 0) is 31.9 Å². The quantitative estimate of drug-likeness (QED) is 0.750. The lowest BCUT2D eigenvalue weighted by Crippen LogP contribution is -2.13. The molecule has 0 radical (unpaired) electrons.